The molecule has 2 rings (SSSR count). The van der Waals surface area contributed by atoms with Crippen LogP contribution in [0.5, 0.6) is 0 Å². The predicted octanol–water partition coefficient (Wildman–Crippen LogP) is 1.50. The number of hydrogen-bond acceptors (Lipinski definition) is 4. The Morgan fingerprint density at radius 1 is 1.61 bits per heavy atom. The van der Waals surface area contributed by atoms with Crippen LogP contribution in [-0.2, 0) is 16.5 Å². The Morgan fingerprint density at radius 3 is 2.89 bits per heavy atom. The van der Waals surface area contributed by atoms with E-state index in [1.165, 1.54) is 0 Å². The van der Waals surface area contributed by atoms with Crippen LogP contribution in [0.3, 0.4) is 0 Å². The van der Waals surface area contributed by atoms with Gasteiger partial charge in [0.1, 0.15) is 0 Å². The van der Waals surface area contributed by atoms with Crippen molar-refractivity contribution in [1.29, 1.82) is 0 Å². The third-order valence-electron chi connectivity index (χ3n) is 3.16. The maximum atomic E-state index is 11.5. The highest BCUT2D eigenvalue weighted by Gasteiger charge is 2.31. The first kappa shape index (κ1) is 14.0. The minimum Gasteiger partial charge on any atom is -0.280 e. The van der Waals surface area contributed by atoms with Crippen LogP contribution in [0.4, 0.5) is 0 Å². The normalized spacial score (nSPS) is 22.7. The summed E-state index contributed by atoms with van der Waals surface area (Å²) in [5, 5.41) is 4.22. The quantitative estimate of drug-likeness (QED) is 0.818. The van der Waals surface area contributed by atoms with E-state index >= 15 is 0 Å². The average Bonchev–Trinajstić information content (AvgIpc) is 2.84. The maximum absolute atomic E-state index is 11.5. The smallest absolute Gasteiger partial charge is 0.151 e. The number of aromatic nitrogens is 2. The van der Waals surface area contributed by atoms with Gasteiger partial charge in [-0.1, -0.05) is 6.92 Å². The van der Waals surface area contributed by atoms with E-state index in [1.54, 1.807) is 6.20 Å². The molecule has 0 bridgehead atoms. The van der Waals surface area contributed by atoms with Gasteiger partial charge in [0.2, 0.25) is 0 Å². The molecule has 1 aromatic heterocycles. The summed E-state index contributed by atoms with van der Waals surface area (Å²) in [6.45, 7) is 3.66. The van der Waals surface area contributed by atoms with E-state index in [9.17, 15) is 8.42 Å². The summed E-state index contributed by atoms with van der Waals surface area (Å²) in [7, 11) is -2.83. The monoisotopic (exact) mass is 335 g/mol. The number of nitrogens with zero attached hydrogens (tertiary/aromatic N) is 3. The molecule has 0 radical (unpaired) electrons. The maximum Gasteiger partial charge on any atom is 0.151 e. The molecule has 1 aliphatic rings. The van der Waals surface area contributed by atoms with Crippen LogP contribution < -0.4 is 0 Å². The summed E-state index contributed by atoms with van der Waals surface area (Å²) < 4.78 is 25.9. The predicted molar refractivity (Wildman–Crippen MR) is 74.0 cm³/mol. The second-order valence-corrected chi connectivity index (χ2v) is 7.85. The molecule has 1 unspecified atom stereocenters. The van der Waals surface area contributed by atoms with E-state index in [-0.39, 0.29) is 11.8 Å². The number of hydrogen-bond donors (Lipinski definition) is 0. The Hall–Kier alpha value is -0.400. The van der Waals surface area contributed by atoms with E-state index in [1.807, 2.05) is 10.9 Å². The molecule has 1 aromatic rings. The molecule has 0 aromatic carbocycles. The first-order valence-electron chi connectivity index (χ1n) is 6.12. The third kappa shape index (κ3) is 3.55. The fourth-order valence-electron chi connectivity index (χ4n) is 2.32. The van der Waals surface area contributed by atoms with Gasteiger partial charge in [0, 0.05) is 12.2 Å². The Kier molecular flexibility index (Phi) is 4.45. The molecule has 102 valence electrons. The minimum absolute atomic E-state index is 0.137. The van der Waals surface area contributed by atoms with Gasteiger partial charge >= 0.3 is 0 Å². The van der Waals surface area contributed by atoms with Crippen LogP contribution in [0.1, 0.15) is 19.8 Å². The van der Waals surface area contributed by atoms with Crippen molar-refractivity contribution in [3.05, 3.63) is 16.9 Å². The van der Waals surface area contributed by atoms with Crippen molar-refractivity contribution in [3.8, 4) is 0 Å². The van der Waals surface area contributed by atoms with Crippen molar-refractivity contribution in [2.45, 2.75) is 32.5 Å². The van der Waals surface area contributed by atoms with E-state index in [0.29, 0.717) is 12.4 Å². The lowest BCUT2D eigenvalue weighted by molar-refractivity contribution is 0.156. The summed E-state index contributed by atoms with van der Waals surface area (Å²) in [5.74, 6) is 0.607. The van der Waals surface area contributed by atoms with Crippen LogP contribution in [-0.4, -0.2) is 47.2 Å². The number of halogens is 1. The standard InChI is InChI=1S/C11H18BrN3O2S/c1-2-4-14(9-15-7-10(12)6-13-15)11-3-5-18(16,17)8-11/h6-7,11H,2-5,8-9H2,1H3. The van der Waals surface area contributed by atoms with Crippen LogP contribution >= 0.6 is 15.9 Å². The SMILES string of the molecule is CCCN(Cn1cc(Br)cn1)C1CCS(=O)(=O)C1. The molecule has 2 heterocycles. The lowest BCUT2D eigenvalue weighted by Crippen LogP contribution is -2.38. The molecule has 7 heteroatoms. The molecule has 0 N–H and O–H groups in total. The van der Waals surface area contributed by atoms with Crippen molar-refractivity contribution in [3.63, 3.8) is 0 Å². The van der Waals surface area contributed by atoms with Gasteiger partial charge in [-0.25, -0.2) is 8.42 Å². The lowest BCUT2D eigenvalue weighted by Gasteiger charge is -2.27. The van der Waals surface area contributed by atoms with Gasteiger partial charge in [-0.15, -0.1) is 0 Å². The van der Waals surface area contributed by atoms with E-state index < -0.39 is 9.84 Å². The average molecular weight is 336 g/mol. The zero-order valence-corrected chi connectivity index (χ0v) is 12.8. The third-order valence-corrected chi connectivity index (χ3v) is 5.32. The summed E-state index contributed by atoms with van der Waals surface area (Å²) in [4.78, 5) is 2.21. The van der Waals surface area contributed by atoms with Crippen molar-refractivity contribution >= 4 is 25.8 Å². The second-order valence-electron chi connectivity index (χ2n) is 4.71. The fraction of sp³-hybridized carbons (Fsp3) is 0.727. The van der Waals surface area contributed by atoms with Crippen LogP contribution in [0.2, 0.25) is 0 Å². The largest absolute Gasteiger partial charge is 0.280 e. The summed E-state index contributed by atoms with van der Waals surface area (Å²) in [6.07, 6.45) is 5.41. The van der Waals surface area contributed by atoms with Gasteiger partial charge in [-0.3, -0.25) is 9.58 Å². The summed E-state index contributed by atoms with van der Waals surface area (Å²) in [6, 6.07) is 0.137. The Labute approximate surface area is 116 Å². The molecule has 1 saturated heterocycles. The number of rotatable bonds is 5. The lowest BCUT2D eigenvalue weighted by atomic mass is 10.2. The number of sulfone groups is 1. The molecule has 0 spiro atoms. The molecular weight excluding hydrogens is 318 g/mol. The first-order chi connectivity index (χ1) is 8.50. The topological polar surface area (TPSA) is 55.2 Å². The molecule has 5 nitrogen and oxygen atoms in total. The van der Waals surface area contributed by atoms with Crippen LogP contribution in [0.25, 0.3) is 0 Å². The molecule has 1 atom stereocenters. The summed E-state index contributed by atoms with van der Waals surface area (Å²) in [5.41, 5.74) is 0. The molecule has 0 amide bonds. The second kappa shape index (κ2) is 5.71. The van der Waals surface area contributed by atoms with Gasteiger partial charge < -0.3 is 0 Å². The fourth-order valence-corrected chi connectivity index (χ4v) is 4.41. The van der Waals surface area contributed by atoms with Gasteiger partial charge in [-0.05, 0) is 35.3 Å². The zero-order valence-electron chi connectivity index (χ0n) is 10.4. The highest BCUT2D eigenvalue weighted by molar-refractivity contribution is 9.10. The van der Waals surface area contributed by atoms with Gasteiger partial charge in [0.15, 0.2) is 9.84 Å². The van der Waals surface area contributed by atoms with E-state index in [0.717, 1.165) is 23.9 Å². The highest BCUT2D eigenvalue weighted by Crippen LogP contribution is 2.19. The van der Waals surface area contributed by atoms with E-state index in [2.05, 4.69) is 32.9 Å². The van der Waals surface area contributed by atoms with E-state index in [4.69, 9.17) is 0 Å². The highest BCUT2D eigenvalue weighted by atomic mass is 79.9. The summed E-state index contributed by atoms with van der Waals surface area (Å²) >= 11 is 3.36. The Morgan fingerprint density at radius 2 is 2.39 bits per heavy atom. The van der Waals surface area contributed by atoms with Crippen molar-refractivity contribution in [2.24, 2.45) is 0 Å². The van der Waals surface area contributed by atoms with Crippen molar-refractivity contribution in [1.82, 2.24) is 14.7 Å². The molecule has 1 aliphatic heterocycles. The van der Waals surface area contributed by atoms with Gasteiger partial charge in [0.05, 0.1) is 28.8 Å². The Bertz CT molecular complexity index is 500. The minimum atomic E-state index is -2.83. The molecule has 0 saturated carbocycles. The Balaban J connectivity index is 2.04. The molecule has 18 heavy (non-hydrogen) atoms. The van der Waals surface area contributed by atoms with Gasteiger partial charge in [-0.2, -0.15) is 5.10 Å². The molecular formula is C11H18BrN3O2S. The van der Waals surface area contributed by atoms with Crippen molar-refractivity contribution < 1.29 is 8.42 Å². The first-order valence-corrected chi connectivity index (χ1v) is 8.74. The molecule has 0 aliphatic carbocycles. The van der Waals surface area contributed by atoms with Gasteiger partial charge in [0.25, 0.3) is 0 Å². The molecule has 1 fully saturated rings. The zero-order chi connectivity index (χ0) is 13.2. The van der Waals surface area contributed by atoms with Crippen LogP contribution in [0, 0.1) is 0 Å². The van der Waals surface area contributed by atoms with Crippen molar-refractivity contribution in [2.75, 3.05) is 18.1 Å². The van der Waals surface area contributed by atoms with Crippen LogP contribution in [0.15, 0.2) is 16.9 Å².